The van der Waals surface area contributed by atoms with Gasteiger partial charge in [0.2, 0.25) is 10.0 Å². The van der Waals surface area contributed by atoms with Gasteiger partial charge in [-0.1, -0.05) is 36.5 Å². The van der Waals surface area contributed by atoms with Gasteiger partial charge in [0.25, 0.3) is 0 Å². The Balaban J connectivity index is 1.40. The van der Waals surface area contributed by atoms with Crippen LogP contribution in [0.5, 0.6) is 0 Å². The van der Waals surface area contributed by atoms with E-state index < -0.39 is 21.8 Å². The van der Waals surface area contributed by atoms with Crippen LogP contribution in [-0.2, 0) is 20.4 Å². The second kappa shape index (κ2) is 10.3. The average Bonchev–Trinajstić information content (AvgIpc) is 3.21. The van der Waals surface area contributed by atoms with Gasteiger partial charge in [0.1, 0.15) is 0 Å². The number of alkyl halides is 3. The number of hydrogen-bond acceptors (Lipinski definition) is 7. The highest BCUT2D eigenvalue weighted by Gasteiger charge is 2.51. The van der Waals surface area contributed by atoms with Gasteiger partial charge in [-0.3, -0.25) is 4.90 Å². The van der Waals surface area contributed by atoms with Gasteiger partial charge in [-0.05, 0) is 43.5 Å². The molecule has 0 saturated carbocycles. The first-order chi connectivity index (χ1) is 17.9. The number of anilines is 1. The zero-order chi connectivity index (χ0) is 27.3. The predicted molar refractivity (Wildman–Crippen MR) is 142 cm³/mol. The van der Waals surface area contributed by atoms with Crippen LogP contribution in [0, 0.1) is 0 Å². The Morgan fingerprint density at radius 1 is 1.08 bits per heavy atom. The topological polar surface area (TPSA) is 73.3 Å². The lowest BCUT2D eigenvalue weighted by Gasteiger charge is -2.45. The van der Waals surface area contributed by atoms with Crippen molar-refractivity contribution in [3.05, 3.63) is 53.0 Å². The molecule has 1 aliphatic carbocycles. The number of piperazine rings is 1. The largest absolute Gasteiger partial charge is 0.421 e. The summed E-state index contributed by atoms with van der Waals surface area (Å²) < 4.78 is 74.6. The number of sulfonamides is 1. The van der Waals surface area contributed by atoms with Crippen LogP contribution in [0.2, 0.25) is 0 Å². The molecule has 1 aromatic carbocycles. The Hall–Kier alpha value is -1.83. The predicted octanol–water partition coefficient (Wildman–Crippen LogP) is 3.35. The summed E-state index contributed by atoms with van der Waals surface area (Å²) in [5.74, 6) is 0. The van der Waals surface area contributed by atoms with Crippen molar-refractivity contribution in [2.45, 2.75) is 56.2 Å². The highest BCUT2D eigenvalue weighted by atomic mass is 32.2. The van der Waals surface area contributed by atoms with E-state index in [0.29, 0.717) is 30.1 Å². The first-order valence-electron chi connectivity index (χ1n) is 12.8. The number of hydrogen-bond donors (Lipinski definition) is 1. The number of ether oxygens (including phenoxy) is 1. The molecule has 1 aromatic rings. The zero-order valence-electron chi connectivity index (χ0n) is 21.1. The molecule has 3 heterocycles. The second-order valence-corrected chi connectivity index (χ2v) is 13.0. The van der Waals surface area contributed by atoms with E-state index in [1.165, 1.54) is 16.4 Å². The Bertz CT molecular complexity index is 1220. The molecule has 2 unspecified atom stereocenters. The van der Waals surface area contributed by atoms with Crippen molar-refractivity contribution in [3.63, 3.8) is 0 Å². The van der Waals surface area contributed by atoms with E-state index in [4.69, 9.17) is 17.0 Å². The van der Waals surface area contributed by atoms with E-state index in [2.05, 4.69) is 9.80 Å². The van der Waals surface area contributed by atoms with Crippen LogP contribution in [0.25, 0.3) is 0 Å². The normalized spacial score (nSPS) is 28.9. The molecule has 1 N–H and O–H groups in total. The lowest BCUT2D eigenvalue weighted by Crippen LogP contribution is -2.60. The number of fused-ring (bicyclic) bond motifs is 2. The van der Waals surface area contributed by atoms with Crippen LogP contribution in [-0.4, -0.2) is 91.3 Å². The number of allylic oxidation sites excluding steroid dienone is 4. The minimum atomic E-state index is -4.81. The molecule has 5 rings (SSSR count). The highest BCUT2D eigenvalue weighted by molar-refractivity contribution is 7.96. The number of nitrogens with zero attached hydrogens (tertiary/aromatic N) is 3. The van der Waals surface area contributed by atoms with Crippen LogP contribution >= 0.6 is 12.2 Å². The van der Waals surface area contributed by atoms with E-state index in [1.54, 1.807) is 24.3 Å². The maximum absolute atomic E-state index is 13.5. The monoisotopic (exact) mass is 571 g/mol. The Kier molecular flexibility index (Phi) is 7.51. The fraction of sp³-hybridized carbons (Fsp3) is 0.577. The summed E-state index contributed by atoms with van der Waals surface area (Å²) in [5, 5.41) is 10.1. The lowest BCUT2D eigenvalue weighted by molar-refractivity contribution is -0.258. The minimum Gasteiger partial charge on any atom is -0.376 e. The molecular weight excluding hydrogens is 539 g/mol. The summed E-state index contributed by atoms with van der Waals surface area (Å²) in [6, 6.07) is 5.47. The van der Waals surface area contributed by atoms with Crippen molar-refractivity contribution in [2.75, 3.05) is 44.2 Å². The van der Waals surface area contributed by atoms with E-state index in [1.807, 2.05) is 6.08 Å². The molecule has 4 aliphatic rings. The third kappa shape index (κ3) is 5.31. The summed E-state index contributed by atoms with van der Waals surface area (Å²) in [4.78, 5) is 4.91. The van der Waals surface area contributed by atoms with Gasteiger partial charge < -0.3 is 14.7 Å². The minimum absolute atomic E-state index is 0.158. The third-order valence-electron chi connectivity index (χ3n) is 7.93. The molecule has 7 nitrogen and oxygen atoms in total. The maximum atomic E-state index is 13.5. The number of rotatable bonds is 6. The smallest absolute Gasteiger partial charge is 0.376 e. The van der Waals surface area contributed by atoms with Crippen molar-refractivity contribution >= 4 is 32.8 Å². The van der Waals surface area contributed by atoms with Gasteiger partial charge >= 0.3 is 6.18 Å². The summed E-state index contributed by atoms with van der Waals surface area (Å²) in [7, 11) is -3.79. The molecule has 4 atom stereocenters. The highest BCUT2D eigenvalue weighted by Crippen LogP contribution is 2.39. The molecule has 38 heavy (non-hydrogen) atoms. The van der Waals surface area contributed by atoms with Gasteiger partial charge in [-0.15, -0.1) is 0 Å². The first kappa shape index (κ1) is 27.7. The number of halogens is 3. The number of aliphatic hydroxyl groups is 1. The standard InChI is InChI=1S/C26H32F3N3O4S2/c1-25(33,26(27,28)29)18-6-8-19(9-7-18)32-13-12-31(38(34,35)24-5-3-2-4-23(24)37)15-20(32)14-30-16-21-10-11-22(17-30)36-21/h2-3,5-9,20-22,33H,4,10-17H2,1H3/t20-,21?,22?,25+/m1/s1. The number of morpholine rings is 1. The SMILES string of the molecule is C[C@](O)(c1ccc(N2CCN(S(=O)(=O)C3=CC=CCC3=S)C[C@H]2CN2CC3CCC(C2)O3)cc1)C(F)(F)F. The molecule has 0 amide bonds. The van der Waals surface area contributed by atoms with E-state index in [0.717, 1.165) is 32.9 Å². The van der Waals surface area contributed by atoms with E-state index in [-0.39, 0.29) is 41.8 Å². The summed E-state index contributed by atoms with van der Waals surface area (Å²) in [5.41, 5.74) is -2.53. The molecular formula is C26H32F3N3O4S2. The van der Waals surface area contributed by atoms with Gasteiger partial charge in [-0.2, -0.15) is 17.5 Å². The third-order valence-corrected chi connectivity index (χ3v) is 10.4. The summed E-state index contributed by atoms with van der Waals surface area (Å²) in [6.45, 7) is 3.67. The fourth-order valence-electron chi connectivity index (χ4n) is 5.72. The van der Waals surface area contributed by atoms with Crippen LogP contribution in [0.3, 0.4) is 0 Å². The number of benzene rings is 1. The zero-order valence-corrected chi connectivity index (χ0v) is 22.7. The van der Waals surface area contributed by atoms with Crippen LogP contribution in [0.1, 0.15) is 31.7 Å². The van der Waals surface area contributed by atoms with Crippen molar-refractivity contribution in [1.29, 1.82) is 0 Å². The van der Waals surface area contributed by atoms with Crippen LogP contribution < -0.4 is 4.90 Å². The maximum Gasteiger partial charge on any atom is 0.421 e. The number of likely N-dealkylation sites (tertiary alicyclic amines) is 1. The van der Waals surface area contributed by atoms with Gasteiger partial charge in [-0.25, -0.2) is 8.42 Å². The van der Waals surface area contributed by atoms with Gasteiger partial charge in [0.05, 0.1) is 23.2 Å². The summed E-state index contributed by atoms with van der Waals surface area (Å²) in [6.07, 6.45) is 3.05. The van der Waals surface area contributed by atoms with Crippen molar-refractivity contribution in [1.82, 2.24) is 9.21 Å². The second-order valence-electron chi connectivity index (χ2n) is 10.6. The summed E-state index contributed by atoms with van der Waals surface area (Å²) >= 11 is 5.35. The quantitative estimate of drug-likeness (QED) is 0.525. The molecule has 2 bridgehead atoms. The van der Waals surface area contributed by atoms with E-state index >= 15 is 0 Å². The molecule has 3 aliphatic heterocycles. The molecule has 0 spiro atoms. The lowest BCUT2D eigenvalue weighted by atomic mass is 9.95. The Morgan fingerprint density at radius 3 is 2.34 bits per heavy atom. The molecule has 0 radical (unpaired) electrons. The molecule has 3 fully saturated rings. The van der Waals surface area contributed by atoms with Gasteiger partial charge in [0, 0.05) is 56.2 Å². The number of thiocarbonyl (C=S) groups is 1. The molecule has 208 valence electrons. The van der Waals surface area contributed by atoms with Crippen LogP contribution in [0.4, 0.5) is 18.9 Å². The van der Waals surface area contributed by atoms with E-state index in [9.17, 15) is 26.7 Å². The van der Waals surface area contributed by atoms with Crippen molar-refractivity contribution in [2.24, 2.45) is 0 Å². The molecule has 3 saturated heterocycles. The van der Waals surface area contributed by atoms with Crippen LogP contribution in [0.15, 0.2) is 47.4 Å². The van der Waals surface area contributed by atoms with Gasteiger partial charge in [0.15, 0.2) is 5.60 Å². The van der Waals surface area contributed by atoms with Crippen molar-refractivity contribution in [3.8, 4) is 0 Å². The first-order valence-corrected chi connectivity index (χ1v) is 14.7. The molecule has 12 heteroatoms. The fourth-order valence-corrected chi connectivity index (χ4v) is 7.79. The molecule has 0 aromatic heterocycles. The van der Waals surface area contributed by atoms with Crippen molar-refractivity contribution < 1.29 is 31.4 Å². The average molecular weight is 572 g/mol. The Labute approximate surface area is 226 Å². The Morgan fingerprint density at radius 2 is 1.74 bits per heavy atom.